The van der Waals surface area contributed by atoms with Crippen LogP contribution in [-0.2, 0) is 4.74 Å². The highest BCUT2D eigenvalue weighted by molar-refractivity contribution is 5.68. The van der Waals surface area contributed by atoms with E-state index in [2.05, 4.69) is 5.32 Å². The summed E-state index contributed by atoms with van der Waals surface area (Å²) in [5.74, 6) is 0. The van der Waals surface area contributed by atoms with Crippen molar-refractivity contribution in [1.29, 1.82) is 0 Å². The third-order valence-electron chi connectivity index (χ3n) is 2.64. The van der Waals surface area contributed by atoms with Crippen molar-refractivity contribution < 1.29 is 19.6 Å². The van der Waals surface area contributed by atoms with Crippen LogP contribution in [0.25, 0.3) is 0 Å². The molecule has 0 bridgehead atoms. The fourth-order valence-electron chi connectivity index (χ4n) is 1.68. The van der Waals surface area contributed by atoms with Gasteiger partial charge in [-0.2, -0.15) is 0 Å². The van der Waals surface area contributed by atoms with Gasteiger partial charge >= 0.3 is 6.09 Å². The van der Waals surface area contributed by atoms with Gasteiger partial charge < -0.3 is 15.2 Å². The van der Waals surface area contributed by atoms with Crippen molar-refractivity contribution in [3.8, 4) is 0 Å². The second kappa shape index (κ2) is 6.53. The number of aliphatic hydroxyl groups is 1. The minimum absolute atomic E-state index is 0.115. The Labute approximate surface area is 123 Å². The largest absolute Gasteiger partial charge is 0.444 e. The molecule has 116 valence electrons. The van der Waals surface area contributed by atoms with Gasteiger partial charge in [-0.15, -0.1) is 0 Å². The molecule has 0 saturated heterocycles. The maximum Gasteiger partial charge on any atom is 0.407 e. The number of hydrogen-bond acceptors (Lipinski definition) is 5. The van der Waals surface area contributed by atoms with E-state index in [-0.39, 0.29) is 5.69 Å². The Hall–Kier alpha value is -2.15. The Morgan fingerprint density at radius 3 is 2.57 bits per heavy atom. The summed E-state index contributed by atoms with van der Waals surface area (Å²) in [4.78, 5) is 21.8. The molecule has 1 rings (SSSR count). The van der Waals surface area contributed by atoms with Crippen molar-refractivity contribution in [2.24, 2.45) is 0 Å². The van der Waals surface area contributed by atoms with Crippen molar-refractivity contribution >= 4 is 11.8 Å². The maximum atomic E-state index is 11.6. The second-order valence-electron chi connectivity index (χ2n) is 5.73. The lowest BCUT2D eigenvalue weighted by molar-refractivity contribution is -0.385. The van der Waals surface area contributed by atoms with Crippen LogP contribution < -0.4 is 5.32 Å². The predicted molar refractivity (Wildman–Crippen MR) is 76.9 cm³/mol. The number of carbonyl (C=O) groups excluding carboxylic acids is 1. The van der Waals surface area contributed by atoms with E-state index >= 15 is 0 Å². The molecule has 1 amide bonds. The number of amides is 1. The Morgan fingerprint density at radius 1 is 1.43 bits per heavy atom. The number of benzene rings is 1. The van der Waals surface area contributed by atoms with Crippen molar-refractivity contribution in [3.63, 3.8) is 0 Å². The number of alkyl carbamates (subject to hydrolysis) is 1. The molecule has 0 heterocycles. The van der Waals surface area contributed by atoms with Crippen molar-refractivity contribution in [3.05, 3.63) is 39.9 Å². The first-order valence-electron chi connectivity index (χ1n) is 6.52. The topological polar surface area (TPSA) is 102 Å². The predicted octanol–water partition coefficient (Wildman–Crippen LogP) is 2.54. The minimum atomic E-state index is -1.07. The molecule has 0 aliphatic rings. The molecule has 0 aromatic heterocycles. The molecule has 0 aliphatic heterocycles. The highest BCUT2D eigenvalue weighted by Crippen LogP contribution is 2.21. The number of nitro groups is 1. The van der Waals surface area contributed by atoms with E-state index in [1.165, 1.54) is 18.2 Å². The zero-order chi connectivity index (χ0) is 16.2. The molecule has 21 heavy (non-hydrogen) atoms. The summed E-state index contributed by atoms with van der Waals surface area (Å²) >= 11 is 0. The number of carbonyl (C=O) groups is 1. The van der Waals surface area contributed by atoms with Crippen LogP contribution in [-0.4, -0.2) is 27.8 Å². The molecular formula is C14H20N2O5. The standard InChI is InChI=1S/C14H20N2O5/c1-9(15-13(18)21-14(2,3)4)12(17)10-6-5-7-11(8-10)16(19)20/h5-9,12,17H,1-4H3,(H,15,18)/t9-,12?/m0/s1. The molecule has 0 fully saturated rings. The number of nitrogens with one attached hydrogen (secondary N) is 1. The number of hydrogen-bond donors (Lipinski definition) is 2. The van der Waals surface area contributed by atoms with E-state index < -0.39 is 28.8 Å². The van der Waals surface area contributed by atoms with Gasteiger partial charge in [0.25, 0.3) is 5.69 Å². The highest BCUT2D eigenvalue weighted by Gasteiger charge is 2.23. The van der Waals surface area contributed by atoms with Gasteiger partial charge in [0.1, 0.15) is 5.60 Å². The first kappa shape index (κ1) is 16.9. The Bertz CT molecular complexity index is 524. The van der Waals surface area contributed by atoms with Crippen molar-refractivity contribution in [2.75, 3.05) is 0 Å². The van der Waals surface area contributed by atoms with Crippen LogP contribution in [0.4, 0.5) is 10.5 Å². The Kier molecular flexibility index (Phi) is 5.26. The average Bonchev–Trinajstić information content (AvgIpc) is 2.35. The molecule has 1 aromatic carbocycles. The number of rotatable bonds is 4. The highest BCUT2D eigenvalue weighted by atomic mass is 16.6. The summed E-state index contributed by atoms with van der Waals surface area (Å²) < 4.78 is 5.09. The molecule has 1 unspecified atom stereocenters. The average molecular weight is 296 g/mol. The number of aliphatic hydroxyl groups excluding tert-OH is 1. The molecule has 0 aliphatic carbocycles. The SMILES string of the molecule is C[C@H](NC(=O)OC(C)(C)C)C(O)c1cccc([N+](=O)[O-])c1. The van der Waals surface area contributed by atoms with Crippen LogP contribution >= 0.6 is 0 Å². The van der Waals surface area contributed by atoms with E-state index in [1.807, 2.05) is 0 Å². The fourth-order valence-corrected chi connectivity index (χ4v) is 1.68. The summed E-state index contributed by atoms with van der Waals surface area (Å²) in [6.07, 6.45) is -1.73. The Morgan fingerprint density at radius 2 is 2.05 bits per heavy atom. The van der Waals surface area contributed by atoms with Gasteiger partial charge in [-0.05, 0) is 33.3 Å². The molecular weight excluding hydrogens is 276 g/mol. The van der Waals surface area contributed by atoms with Crippen LogP contribution in [0.3, 0.4) is 0 Å². The zero-order valence-electron chi connectivity index (χ0n) is 12.5. The molecule has 7 heteroatoms. The van der Waals surface area contributed by atoms with Crippen molar-refractivity contribution in [1.82, 2.24) is 5.32 Å². The lowest BCUT2D eigenvalue weighted by atomic mass is 10.0. The van der Waals surface area contributed by atoms with Gasteiger partial charge in [0.05, 0.1) is 17.1 Å². The van der Waals surface area contributed by atoms with Crippen LogP contribution in [0.1, 0.15) is 39.4 Å². The molecule has 7 nitrogen and oxygen atoms in total. The third-order valence-corrected chi connectivity index (χ3v) is 2.64. The normalized spacial score (nSPS) is 14.1. The van der Waals surface area contributed by atoms with Crippen LogP contribution in [0.5, 0.6) is 0 Å². The van der Waals surface area contributed by atoms with Gasteiger partial charge in [-0.25, -0.2) is 4.79 Å². The number of nitro benzene ring substituents is 1. The first-order chi connectivity index (χ1) is 9.60. The molecule has 2 N–H and O–H groups in total. The van der Waals surface area contributed by atoms with Gasteiger partial charge in [-0.1, -0.05) is 12.1 Å². The van der Waals surface area contributed by atoms with E-state index in [0.717, 1.165) is 0 Å². The zero-order valence-corrected chi connectivity index (χ0v) is 12.5. The summed E-state index contributed by atoms with van der Waals surface area (Å²) in [6, 6.07) is 5.00. The van der Waals surface area contributed by atoms with Crippen molar-refractivity contribution in [2.45, 2.75) is 45.4 Å². The summed E-state index contributed by atoms with van der Waals surface area (Å²) in [5, 5.41) is 23.4. The number of ether oxygens (including phenoxy) is 1. The summed E-state index contributed by atoms with van der Waals surface area (Å²) in [5.41, 5.74) is -0.399. The lowest BCUT2D eigenvalue weighted by Gasteiger charge is -2.24. The van der Waals surface area contributed by atoms with E-state index in [4.69, 9.17) is 4.74 Å². The van der Waals surface area contributed by atoms with E-state index in [0.29, 0.717) is 5.56 Å². The van der Waals surface area contributed by atoms with Gasteiger partial charge in [0.2, 0.25) is 0 Å². The monoisotopic (exact) mass is 296 g/mol. The van der Waals surface area contributed by atoms with Gasteiger partial charge in [0.15, 0.2) is 0 Å². The molecule has 0 spiro atoms. The quantitative estimate of drug-likeness (QED) is 0.656. The summed E-state index contributed by atoms with van der Waals surface area (Å²) in [7, 11) is 0. The van der Waals surface area contributed by atoms with E-state index in [9.17, 15) is 20.0 Å². The van der Waals surface area contributed by atoms with Gasteiger partial charge in [-0.3, -0.25) is 10.1 Å². The number of nitrogens with zero attached hydrogens (tertiary/aromatic N) is 1. The molecule has 2 atom stereocenters. The van der Waals surface area contributed by atoms with Crippen LogP contribution in [0, 0.1) is 10.1 Å². The second-order valence-corrected chi connectivity index (χ2v) is 5.73. The van der Waals surface area contributed by atoms with E-state index in [1.54, 1.807) is 33.8 Å². The summed E-state index contributed by atoms with van der Waals surface area (Å²) in [6.45, 7) is 6.78. The lowest BCUT2D eigenvalue weighted by Crippen LogP contribution is -2.40. The fraction of sp³-hybridized carbons (Fsp3) is 0.500. The minimum Gasteiger partial charge on any atom is -0.444 e. The Balaban J connectivity index is 2.74. The molecule has 0 radical (unpaired) electrons. The first-order valence-corrected chi connectivity index (χ1v) is 6.52. The van der Waals surface area contributed by atoms with Gasteiger partial charge in [0, 0.05) is 12.1 Å². The number of non-ortho nitro benzene ring substituents is 1. The molecule has 0 saturated carbocycles. The third kappa shape index (κ3) is 5.39. The van der Waals surface area contributed by atoms with Crippen LogP contribution in [0.15, 0.2) is 24.3 Å². The smallest absolute Gasteiger partial charge is 0.407 e. The molecule has 1 aromatic rings. The van der Waals surface area contributed by atoms with Crippen LogP contribution in [0.2, 0.25) is 0 Å². The maximum absolute atomic E-state index is 11.6.